The number of rotatable bonds is 9. The molecule has 0 aromatic rings. The van der Waals surface area contributed by atoms with Crippen molar-refractivity contribution in [3.05, 3.63) is 0 Å². The quantitative estimate of drug-likeness (QED) is 0.523. The fraction of sp³-hybridized carbons (Fsp3) is 1.00. The number of hydrogen-bond donors (Lipinski definition) is 2. The Hall–Kier alpha value is -0.120. The zero-order valence-corrected chi connectivity index (χ0v) is 9.05. The van der Waals surface area contributed by atoms with Crippen molar-refractivity contribution in [2.75, 3.05) is 39.3 Å². The first kappa shape index (κ1) is 12.9. The second-order valence-electron chi connectivity index (χ2n) is 3.22. The fourth-order valence-electron chi connectivity index (χ4n) is 1.33. The highest BCUT2D eigenvalue weighted by Gasteiger charge is 1.99. The van der Waals surface area contributed by atoms with Crippen molar-refractivity contribution in [3.8, 4) is 0 Å². The van der Waals surface area contributed by atoms with Crippen molar-refractivity contribution in [2.24, 2.45) is 0 Å². The molecule has 0 radical (unpaired) electrons. The zero-order chi connectivity index (χ0) is 9.94. The lowest BCUT2D eigenvalue weighted by atomic mass is 10.3. The number of aliphatic hydroxyl groups is 1. The van der Waals surface area contributed by atoms with Crippen LogP contribution in [0.15, 0.2) is 0 Å². The van der Waals surface area contributed by atoms with Gasteiger partial charge in [0.05, 0.1) is 0 Å². The molecule has 0 spiro atoms. The van der Waals surface area contributed by atoms with E-state index in [0.29, 0.717) is 6.61 Å². The highest BCUT2D eigenvalue weighted by molar-refractivity contribution is 4.56. The van der Waals surface area contributed by atoms with Crippen molar-refractivity contribution < 1.29 is 5.11 Å². The van der Waals surface area contributed by atoms with E-state index >= 15 is 0 Å². The molecule has 0 bridgehead atoms. The summed E-state index contributed by atoms with van der Waals surface area (Å²) in [5, 5.41) is 12.0. The van der Waals surface area contributed by atoms with Crippen LogP contribution >= 0.6 is 0 Å². The van der Waals surface area contributed by atoms with Crippen LogP contribution < -0.4 is 5.32 Å². The van der Waals surface area contributed by atoms with E-state index in [9.17, 15) is 0 Å². The molecule has 0 aromatic carbocycles. The Morgan fingerprint density at radius 1 is 1.15 bits per heavy atom. The molecule has 0 aliphatic rings. The van der Waals surface area contributed by atoms with Crippen LogP contribution in [0.5, 0.6) is 0 Å². The van der Waals surface area contributed by atoms with Gasteiger partial charge in [-0.2, -0.15) is 0 Å². The topological polar surface area (TPSA) is 35.5 Å². The third-order valence-electron chi connectivity index (χ3n) is 2.16. The number of hydrogen-bond acceptors (Lipinski definition) is 3. The van der Waals surface area contributed by atoms with Crippen molar-refractivity contribution in [1.29, 1.82) is 0 Å². The summed E-state index contributed by atoms with van der Waals surface area (Å²) in [5.74, 6) is 0. The van der Waals surface area contributed by atoms with E-state index < -0.39 is 0 Å². The highest BCUT2D eigenvalue weighted by atomic mass is 16.3. The molecule has 0 aliphatic carbocycles. The van der Waals surface area contributed by atoms with Crippen LogP contribution in [0, 0.1) is 0 Å². The largest absolute Gasteiger partial charge is 0.396 e. The predicted molar refractivity (Wildman–Crippen MR) is 57.0 cm³/mol. The number of nitrogens with zero attached hydrogens (tertiary/aromatic N) is 1. The summed E-state index contributed by atoms with van der Waals surface area (Å²) in [6.45, 7) is 10.0. The van der Waals surface area contributed by atoms with Crippen LogP contribution in [-0.4, -0.2) is 49.3 Å². The summed E-state index contributed by atoms with van der Waals surface area (Å²) in [4.78, 5) is 2.38. The molecule has 2 N–H and O–H groups in total. The van der Waals surface area contributed by atoms with Crippen molar-refractivity contribution in [3.63, 3.8) is 0 Å². The average molecular weight is 188 g/mol. The van der Waals surface area contributed by atoms with E-state index in [0.717, 1.165) is 39.1 Å². The van der Waals surface area contributed by atoms with Crippen molar-refractivity contribution >= 4 is 0 Å². The van der Waals surface area contributed by atoms with Crippen molar-refractivity contribution in [2.45, 2.75) is 26.7 Å². The monoisotopic (exact) mass is 188 g/mol. The minimum absolute atomic E-state index is 0.309. The van der Waals surface area contributed by atoms with Gasteiger partial charge in [-0.3, -0.25) is 0 Å². The first-order chi connectivity index (χ1) is 6.35. The maximum absolute atomic E-state index is 8.68. The lowest BCUT2D eigenvalue weighted by Gasteiger charge is -2.19. The van der Waals surface area contributed by atoms with Crippen LogP contribution in [0.1, 0.15) is 26.7 Å². The first-order valence-electron chi connectivity index (χ1n) is 5.39. The molecular formula is C10H24N2O. The second kappa shape index (κ2) is 9.96. The second-order valence-corrected chi connectivity index (χ2v) is 3.22. The van der Waals surface area contributed by atoms with E-state index in [1.165, 1.54) is 6.42 Å². The lowest BCUT2D eigenvalue weighted by Crippen LogP contribution is -2.28. The van der Waals surface area contributed by atoms with Gasteiger partial charge in [0.1, 0.15) is 0 Å². The molecule has 0 fully saturated rings. The van der Waals surface area contributed by atoms with Gasteiger partial charge in [-0.15, -0.1) is 0 Å². The Kier molecular flexibility index (Phi) is 9.87. The molecule has 0 saturated heterocycles. The highest BCUT2D eigenvalue weighted by Crippen LogP contribution is 1.92. The van der Waals surface area contributed by atoms with E-state index in [2.05, 4.69) is 24.1 Å². The molecule has 13 heavy (non-hydrogen) atoms. The standard InChI is InChI=1S/C10H24N2O/c1-3-11-7-5-8-12(4-2)9-6-10-13/h11,13H,3-10H2,1-2H3. The Morgan fingerprint density at radius 2 is 1.85 bits per heavy atom. The molecule has 0 unspecified atom stereocenters. The summed E-state index contributed by atoms with van der Waals surface area (Å²) in [6, 6.07) is 0. The van der Waals surface area contributed by atoms with E-state index in [1.54, 1.807) is 0 Å². The van der Waals surface area contributed by atoms with Crippen LogP contribution in [0.2, 0.25) is 0 Å². The van der Waals surface area contributed by atoms with Gasteiger partial charge in [-0.25, -0.2) is 0 Å². The van der Waals surface area contributed by atoms with Crippen LogP contribution in [-0.2, 0) is 0 Å². The third-order valence-corrected chi connectivity index (χ3v) is 2.16. The van der Waals surface area contributed by atoms with E-state index in [1.807, 2.05) is 0 Å². The van der Waals surface area contributed by atoms with Gasteiger partial charge >= 0.3 is 0 Å². The zero-order valence-electron chi connectivity index (χ0n) is 9.05. The van der Waals surface area contributed by atoms with Gasteiger partial charge in [0.2, 0.25) is 0 Å². The maximum atomic E-state index is 8.68. The summed E-state index contributed by atoms with van der Waals surface area (Å²) >= 11 is 0. The Balaban J connectivity index is 3.25. The molecule has 0 amide bonds. The molecule has 80 valence electrons. The first-order valence-corrected chi connectivity index (χ1v) is 5.39. The van der Waals surface area contributed by atoms with Crippen LogP contribution in [0.4, 0.5) is 0 Å². The Morgan fingerprint density at radius 3 is 2.38 bits per heavy atom. The molecule has 0 rings (SSSR count). The van der Waals surface area contributed by atoms with Gasteiger partial charge in [0, 0.05) is 13.2 Å². The van der Waals surface area contributed by atoms with Gasteiger partial charge in [0.15, 0.2) is 0 Å². The van der Waals surface area contributed by atoms with Gasteiger partial charge < -0.3 is 15.3 Å². The average Bonchev–Trinajstić information content (AvgIpc) is 2.17. The van der Waals surface area contributed by atoms with E-state index in [4.69, 9.17) is 5.11 Å². The van der Waals surface area contributed by atoms with Gasteiger partial charge in [-0.1, -0.05) is 13.8 Å². The SMILES string of the molecule is CCNCCCN(CC)CCCO. The maximum Gasteiger partial charge on any atom is 0.0443 e. The normalized spacial score (nSPS) is 11.1. The number of nitrogens with one attached hydrogen (secondary N) is 1. The molecule has 3 nitrogen and oxygen atoms in total. The molecule has 0 heterocycles. The third kappa shape index (κ3) is 8.22. The lowest BCUT2D eigenvalue weighted by molar-refractivity contribution is 0.228. The molecule has 0 aliphatic heterocycles. The summed E-state index contributed by atoms with van der Waals surface area (Å²) in [7, 11) is 0. The number of aliphatic hydroxyl groups excluding tert-OH is 1. The molecule has 3 heteroatoms. The minimum atomic E-state index is 0.309. The van der Waals surface area contributed by atoms with Crippen LogP contribution in [0.3, 0.4) is 0 Å². The Bertz CT molecular complexity index is 98.9. The molecule has 0 aromatic heterocycles. The van der Waals surface area contributed by atoms with Crippen molar-refractivity contribution in [1.82, 2.24) is 10.2 Å². The predicted octanol–water partition coefficient (Wildman–Crippen LogP) is 0.690. The fourth-order valence-corrected chi connectivity index (χ4v) is 1.33. The smallest absolute Gasteiger partial charge is 0.0443 e. The summed E-state index contributed by atoms with van der Waals surface area (Å²) in [5.41, 5.74) is 0. The molecular weight excluding hydrogens is 164 g/mol. The van der Waals surface area contributed by atoms with Gasteiger partial charge in [0.25, 0.3) is 0 Å². The van der Waals surface area contributed by atoms with Gasteiger partial charge in [-0.05, 0) is 39.0 Å². The summed E-state index contributed by atoms with van der Waals surface area (Å²) < 4.78 is 0. The minimum Gasteiger partial charge on any atom is -0.396 e. The van der Waals surface area contributed by atoms with E-state index in [-0.39, 0.29) is 0 Å². The molecule has 0 atom stereocenters. The van der Waals surface area contributed by atoms with Crippen LogP contribution in [0.25, 0.3) is 0 Å². The summed E-state index contributed by atoms with van der Waals surface area (Å²) in [6.07, 6.45) is 2.10. The Labute approximate surface area is 82.1 Å². The molecule has 0 saturated carbocycles.